The lowest BCUT2D eigenvalue weighted by molar-refractivity contribution is 0.201. The van der Waals surface area contributed by atoms with Crippen LogP contribution >= 0.6 is 0 Å². The summed E-state index contributed by atoms with van der Waals surface area (Å²) in [6.45, 7) is 11.4. The number of pyridine rings is 2. The van der Waals surface area contributed by atoms with Crippen molar-refractivity contribution in [1.82, 2.24) is 14.9 Å². The second-order valence-corrected chi connectivity index (χ2v) is 14.7. The van der Waals surface area contributed by atoms with Gasteiger partial charge in [0.25, 0.3) is 0 Å². The number of hydrogen-bond donors (Lipinski definition) is 0. The Bertz CT molecular complexity index is 2030. The van der Waals surface area contributed by atoms with Crippen LogP contribution in [0.5, 0.6) is 40.2 Å². The predicted octanol–water partition coefficient (Wildman–Crippen LogP) is 9.10. The lowest BCUT2D eigenvalue weighted by atomic mass is 10.00. The number of anilines is 1. The first-order valence-corrected chi connectivity index (χ1v) is 19.5. The van der Waals surface area contributed by atoms with Gasteiger partial charge >= 0.3 is 0 Å². The summed E-state index contributed by atoms with van der Waals surface area (Å²) in [5.41, 5.74) is 6.99. The van der Waals surface area contributed by atoms with Crippen molar-refractivity contribution in [2.24, 2.45) is 0 Å². The molecule has 0 amide bonds. The summed E-state index contributed by atoms with van der Waals surface area (Å²) >= 11 is 0. The molecule has 5 aromatic rings. The van der Waals surface area contributed by atoms with Gasteiger partial charge in [-0.1, -0.05) is 0 Å². The van der Waals surface area contributed by atoms with Crippen LogP contribution in [0.3, 0.4) is 0 Å². The third-order valence-corrected chi connectivity index (χ3v) is 10.0. The molecule has 0 spiro atoms. The van der Waals surface area contributed by atoms with Gasteiger partial charge in [0.2, 0.25) is 11.5 Å². The van der Waals surface area contributed by atoms with Crippen molar-refractivity contribution in [3.05, 3.63) is 96.3 Å². The van der Waals surface area contributed by atoms with E-state index in [2.05, 4.69) is 46.2 Å². The molecule has 11 nitrogen and oxygen atoms in total. The van der Waals surface area contributed by atoms with E-state index in [1.165, 1.54) is 5.56 Å². The molecule has 302 valence electrons. The molecule has 1 aliphatic rings. The third-order valence-electron chi connectivity index (χ3n) is 10.0. The van der Waals surface area contributed by atoms with Crippen molar-refractivity contribution in [2.75, 3.05) is 53.5 Å². The largest absolute Gasteiger partial charge is 0.497 e. The molecule has 0 unspecified atom stereocenters. The van der Waals surface area contributed by atoms with E-state index in [0.717, 1.165) is 78.5 Å². The highest BCUT2D eigenvalue weighted by Gasteiger charge is 2.26. The summed E-state index contributed by atoms with van der Waals surface area (Å²) in [5.74, 6) is 4.44. The van der Waals surface area contributed by atoms with Gasteiger partial charge < -0.3 is 38.1 Å². The fourth-order valence-electron chi connectivity index (χ4n) is 7.27. The Morgan fingerprint density at radius 3 is 1.49 bits per heavy atom. The minimum absolute atomic E-state index is 0.0229. The molecule has 0 bridgehead atoms. The van der Waals surface area contributed by atoms with Gasteiger partial charge in [0.15, 0.2) is 23.0 Å². The minimum atomic E-state index is -0.0336. The number of methoxy groups -OCH3 is 5. The van der Waals surface area contributed by atoms with E-state index in [4.69, 9.17) is 43.1 Å². The van der Waals surface area contributed by atoms with E-state index in [9.17, 15) is 0 Å². The summed E-state index contributed by atoms with van der Waals surface area (Å²) in [6, 6.07) is 25.1. The maximum atomic E-state index is 6.05. The Labute approximate surface area is 337 Å². The first kappa shape index (κ1) is 41.0. The fraction of sp³-hybridized carbons (Fsp3) is 0.391. The molecule has 0 aliphatic carbocycles. The van der Waals surface area contributed by atoms with Gasteiger partial charge in [0, 0.05) is 61.4 Å². The molecule has 0 N–H and O–H groups in total. The molecule has 3 aromatic carbocycles. The first-order valence-electron chi connectivity index (χ1n) is 19.5. The van der Waals surface area contributed by atoms with Gasteiger partial charge in [-0.25, -0.2) is 0 Å². The lowest BCUT2D eigenvalue weighted by Crippen LogP contribution is -2.44. The Balaban J connectivity index is 1.19. The maximum Gasteiger partial charge on any atom is 0.203 e. The predicted molar refractivity (Wildman–Crippen MR) is 225 cm³/mol. The zero-order chi connectivity index (χ0) is 40.5. The van der Waals surface area contributed by atoms with E-state index in [1.54, 1.807) is 35.5 Å². The Morgan fingerprint density at radius 1 is 0.596 bits per heavy atom. The van der Waals surface area contributed by atoms with Crippen LogP contribution in [0.1, 0.15) is 51.7 Å². The van der Waals surface area contributed by atoms with Crippen LogP contribution in [0.2, 0.25) is 0 Å². The molecule has 2 aromatic heterocycles. The fourth-order valence-corrected chi connectivity index (χ4v) is 7.27. The summed E-state index contributed by atoms with van der Waals surface area (Å²) in [5, 5.41) is 0. The Kier molecular flexibility index (Phi) is 13.6. The van der Waals surface area contributed by atoms with Gasteiger partial charge in [-0.15, -0.1) is 0 Å². The molecule has 0 saturated carbocycles. The number of piperidine rings is 1. The van der Waals surface area contributed by atoms with Crippen LogP contribution in [0.25, 0.3) is 22.5 Å². The van der Waals surface area contributed by atoms with Crippen LogP contribution in [0.4, 0.5) is 5.69 Å². The highest BCUT2D eigenvalue weighted by Crippen LogP contribution is 2.43. The first-order chi connectivity index (χ1) is 27.6. The number of rotatable bonds is 17. The number of ether oxygens (including phenoxy) is 7. The highest BCUT2D eigenvalue weighted by molar-refractivity contribution is 5.70. The molecule has 1 saturated heterocycles. The molecule has 0 atom stereocenters. The topological polar surface area (TPSA) is 96.9 Å². The Hall–Kier alpha value is -5.68. The molecule has 6 rings (SSSR count). The van der Waals surface area contributed by atoms with Crippen molar-refractivity contribution in [2.45, 2.75) is 71.9 Å². The number of aromatic nitrogens is 2. The van der Waals surface area contributed by atoms with Gasteiger partial charge in [-0.2, -0.15) is 0 Å². The van der Waals surface area contributed by atoms with Crippen molar-refractivity contribution >= 4 is 5.69 Å². The van der Waals surface area contributed by atoms with Gasteiger partial charge in [0.05, 0.1) is 59.1 Å². The van der Waals surface area contributed by atoms with Crippen LogP contribution in [-0.4, -0.2) is 81.8 Å². The van der Waals surface area contributed by atoms with Crippen molar-refractivity contribution in [1.29, 1.82) is 0 Å². The highest BCUT2D eigenvalue weighted by atomic mass is 16.5. The quantitative estimate of drug-likeness (QED) is 0.0905. The second kappa shape index (κ2) is 19.0. The summed E-state index contributed by atoms with van der Waals surface area (Å²) in [4.78, 5) is 14.5. The van der Waals surface area contributed by atoms with E-state index in [1.807, 2.05) is 76.5 Å². The standard InChI is InChI=1S/C46H56N4O7/c1-30(2)56-45-41(52-6)24-34(25-42(45)53-7)39-22-32(14-18-47-39)28-49-20-16-37(17-21-49)50(36-10-12-38(51-5)13-11-36)29-33-15-19-48-40(23-33)35-26-43(54-8)46(57-31(3)4)44(27-35)55-9/h10-15,18-19,22-27,30-31,37H,16-17,20-21,28-29H2,1-9H3. The molecule has 11 heteroatoms. The van der Waals surface area contributed by atoms with E-state index < -0.39 is 0 Å². The van der Waals surface area contributed by atoms with Crippen molar-refractivity contribution < 1.29 is 33.2 Å². The SMILES string of the molecule is COc1ccc(N(Cc2ccnc(-c3cc(OC)c(OC(C)C)c(OC)c3)c2)C2CCN(Cc3ccnc(-c4cc(OC)c(OC(C)C)c(OC)c4)c3)CC2)cc1. The second-order valence-electron chi connectivity index (χ2n) is 14.7. The van der Waals surface area contributed by atoms with Crippen molar-refractivity contribution in [3.8, 4) is 62.8 Å². The smallest absolute Gasteiger partial charge is 0.203 e. The van der Waals surface area contributed by atoms with Crippen LogP contribution in [-0.2, 0) is 13.1 Å². The monoisotopic (exact) mass is 776 g/mol. The lowest BCUT2D eigenvalue weighted by Gasteiger charge is -2.40. The summed E-state index contributed by atoms with van der Waals surface area (Å²) in [6.07, 6.45) is 5.72. The number of likely N-dealkylation sites (tertiary alicyclic amines) is 1. The van der Waals surface area contributed by atoms with Gasteiger partial charge in [0.1, 0.15) is 5.75 Å². The van der Waals surface area contributed by atoms with Crippen LogP contribution in [0, 0.1) is 0 Å². The van der Waals surface area contributed by atoms with Gasteiger partial charge in [-0.3, -0.25) is 14.9 Å². The van der Waals surface area contributed by atoms with E-state index >= 15 is 0 Å². The molecule has 57 heavy (non-hydrogen) atoms. The van der Waals surface area contributed by atoms with Crippen LogP contribution in [0.15, 0.2) is 85.2 Å². The number of hydrogen-bond acceptors (Lipinski definition) is 11. The zero-order valence-electron chi connectivity index (χ0n) is 34.7. The molecule has 1 aliphatic heterocycles. The molecule has 1 fully saturated rings. The van der Waals surface area contributed by atoms with E-state index in [0.29, 0.717) is 40.5 Å². The minimum Gasteiger partial charge on any atom is -0.497 e. The number of benzene rings is 3. The van der Waals surface area contributed by atoms with Crippen LogP contribution < -0.4 is 38.1 Å². The van der Waals surface area contributed by atoms with Crippen molar-refractivity contribution in [3.63, 3.8) is 0 Å². The number of nitrogens with zero attached hydrogens (tertiary/aromatic N) is 4. The maximum absolute atomic E-state index is 6.05. The molecular weight excluding hydrogens is 721 g/mol. The molecular formula is C46H56N4O7. The van der Waals surface area contributed by atoms with Gasteiger partial charge in [-0.05, 0) is 124 Å². The summed E-state index contributed by atoms with van der Waals surface area (Å²) < 4.78 is 40.4. The normalized spacial score (nSPS) is 13.4. The molecule has 3 heterocycles. The zero-order valence-corrected chi connectivity index (χ0v) is 34.7. The average molecular weight is 777 g/mol. The Morgan fingerprint density at radius 2 is 1.05 bits per heavy atom. The third kappa shape index (κ3) is 10.0. The van der Waals surface area contributed by atoms with E-state index in [-0.39, 0.29) is 12.2 Å². The molecule has 0 radical (unpaired) electrons. The summed E-state index contributed by atoms with van der Waals surface area (Å²) in [7, 11) is 8.26. The average Bonchev–Trinajstić information content (AvgIpc) is 3.23.